The van der Waals surface area contributed by atoms with Gasteiger partial charge in [-0.25, -0.2) is 9.97 Å². The largest absolute Gasteiger partial charge is 0.368 e. The highest BCUT2D eigenvalue weighted by Gasteiger charge is 2.21. The lowest BCUT2D eigenvalue weighted by Crippen LogP contribution is -2.24. The van der Waals surface area contributed by atoms with Crippen LogP contribution in [0.3, 0.4) is 0 Å². The quantitative estimate of drug-likeness (QED) is 0.808. The Morgan fingerprint density at radius 3 is 2.67 bits per heavy atom. The van der Waals surface area contributed by atoms with Crippen molar-refractivity contribution in [2.24, 2.45) is 5.73 Å². The van der Waals surface area contributed by atoms with E-state index >= 15 is 0 Å². The van der Waals surface area contributed by atoms with E-state index in [-0.39, 0.29) is 0 Å². The van der Waals surface area contributed by atoms with Gasteiger partial charge in [0.2, 0.25) is 5.91 Å². The Labute approximate surface area is 126 Å². The van der Waals surface area contributed by atoms with Gasteiger partial charge in [0.1, 0.15) is 17.4 Å². The second-order valence-electron chi connectivity index (χ2n) is 4.74. The molecular weight excluding hydrogens is 288 g/mol. The Hall–Kier alpha value is -2.40. The van der Waals surface area contributed by atoms with Crippen LogP contribution >= 0.6 is 11.6 Å². The third kappa shape index (κ3) is 2.36. The molecule has 1 aromatic carbocycles. The number of rotatable bonds is 3. The first kappa shape index (κ1) is 13.6. The van der Waals surface area contributed by atoms with Crippen LogP contribution in [-0.4, -0.2) is 20.4 Å². The van der Waals surface area contributed by atoms with Crippen molar-refractivity contribution in [2.45, 2.75) is 13.0 Å². The molecule has 0 saturated carbocycles. The van der Waals surface area contributed by atoms with Crippen LogP contribution in [0, 0.1) is 0 Å². The lowest BCUT2D eigenvalue weighted by atomic mass is 10.2. The average molecular weight is 301 g/mol. The number of imidazole rings is 1. The van der Waals surface area contributed by atoms with Gasteiger partial charge in [0.25, 0.3) is 0 Å². The maximum absolute atomic E-state index is 11.6. The van der Waals surface area contributed by atoms with Crippen molar-refractivity contribution in [3.8, 4) is 11.4 Å². The molecule has 1 amide bonds. The molecular formula is C15H13ClN4O. The van der Waals surface area contributed by atoms with E-state index in [2.05, 4.69) is 9.97 Å². The van der Waals surface area contributed by atoms with Crippen molar-refractivity contribution in [1.82, 2.24) is 14.5 Å². The molecule has 0 bridgehead atoms. The highest BCUT2D eigenvalue weighted by Crippen LogP contribution is 2.28. The summed E-state index contributed by atoms with van der Waals surface area (Å²) in [5, 5.41) is 0.641. The number of benzene rings is 1. The zero-order chi connectivity index (χ0) is 15.0. The Morgan fingerprint density at radius 2 is 2.00 bits per heavy atom. The van der Waals surface area contributed by atoms with Gasteiger partial charge in [-0.1, -0.05) is 11.6 Å². The minimum Gasteiger partial charge on any atom is -0.368 e. The molecule has 0 aliphatic carbocycles. The van der Waals surface area contributed by atoms with Gasteiger partial charge in [-0.3, -0.25) is 9.36 Å². The van der Waals surface area contributed by atoms with E-state index in [9.17, 15) is 4.79 Å². The van der Waals surface area contributed by atoms with Crippen molar-refractivity contribution in [2.75, 3.05) is 0 Å². The van der Waals surface area contributed by atoms with E-state index in [0.29, 0.717) is 16.5 Å². The second-order valence-corrected chi connectivity index (χ2v) is 5.17. The van der Waals surface area contributed by atoms with Crippen molar-refractivity contribution in [3.05, 3.63) is 47.6 Å². The molecule has 0 radical (unpaired) electrons. The molecule has 0 aliphatic heterocycles. The zero-order valence-electron chi connectivity index (χ0n) is 11.3. The monoisotopic (exact) mass is 300 g/mol. The normalized spacial score (nSPS) is 12.5. The van der Waals surface area contributed by atoms with Crippen LogP contribution < -0.4 is 5.73 Å². The number of nitrogens with two attached hydrogens (primary N) is 1. The van der Waals surface area contributed by atoms with Crippen LogP contribution in [0.5, 0.6) is 0 Å². The summed E-state index contributed by atoms with van der Waals surface area (Å²) in [7, 11) is 0. The highest BCUT2D eigenvalue weighted by molar-refractivity contribution is 6.30. The van der Waals surface area contributed by atoms with Gasteiger partial charge in [-0.15, -0.1) is 0 Å². The van der Waals surface area contributed by atoms with Crippen molar-refractivity contribution >= 4 is 28.7 Å². The van der Waals surface area contributed by atoms with Crippen LogP contribution in [0.15, 0.2) is 42.6 Å². The van der Waals surface area contributed by atoms with Gasteiger partial charge in [-0.2, -0.15) is 0 Å². The van der Waals surface area contributed by atoms with E-state index in [0.717, 1.165) is 11.1 Å². The van der Waals surface area contributed by atoms with Crippen molar-refractivity contribution < 1.29 is 4.79 Å². The van der Waals surface area contributed by atoms with Gasteiger partial charge in [-0.05, 0) is 43.3 Å². The Bertz CT molecular complexity index is 810. The Morgan fingerprint density at radius 1 is 1.29 bits per heavy atom. The molecule has 0 spiro atoms. The van der Waals surface area contributed by atoms with Gasteiger partial charge < -0.3 is 5.73 Å². The summed E-state index contributed by atoms with van der Waals surface area (Å²) in [6, 6.07) is 10.4. The van der Waals surface area contributed by atoms with Gasteiger partial charge in [0, 0.05) is 16.8 Å². The molecule has 0 unspecified atom stereocenters. The number of hydrogen-bond acceptors (Lipinski definition) is 3. The number of amides is 1. The van der Waals surface area contributed by atoms with Crippen LogP contribution in [-0.2, 0) is 4.79 Å². The van der Waals surface area contributed by atoms with E-state index in [1.165, 1.54) is 0 Å². The minimum absolute atomic E-state index is 0.435. The summed E-state index contributed by atoms with van der Waals surface area (Å²) in [5.41, 5.74) is 7.66. The number of hydrogen-bond donors (Lipinski definition) is 1. The molecule has 0 fully saturated rings. The topological polar surface area (TPSA) is 73.8 Å². The number of halogens is 1. The van der Waals surface area contributed by atoms with Gasteiger partial charge in [0.15, 0.2) is 5.65 Å². The van der Waals surface area contributed by atoms with E-state index in [1.807, 2.05) is 18.2 Å². The molecule has 106 valence electrons. The maximum atomic E-state index is 11.6. The van der Waals surface area contributed by atoms with Crippen LogP contribution in [0.25, 0.3) is 22.6 Å². The molecule has 21 heavy (non-hydrogen) atoms. The summed E-state index contributed by atoms with van der Waals surface area (Å²) in [4.78, 5) is 20.5. The summed E-state index contributed by atoms with van der Waals surface area (Å²) >= 11 is 5.92. The third-order valence-corrected chi connectivity index (χ3v) is 3.60. The fourth-order valence-electron chi connectivity index (χ4n) is 2.23. The molecule has 5 nitrogen and oxygen atoms in total. The first-order valence-corrected chi connectivity index (χ1v) is 6.84. The number of aromatic nitrogens is 3. The lowest BCUT2D eigenvalue weighted by molar-refractivity contribution is -0.120. The summed E-state index contributed by atoms with van der Waals surface area (Å²) in [6.07, 6.45) is 1.67. The van der Waals surface area contributed by atoms with Gasteiger partial charge in [0.05, 0.1) is 0 Å². The summed E-state index contributed by atoms with van der Waals surface area (Å²) < 4.78 is 1.75. The molecule has 0 aliphatic rings. The number of carbonyl (C=O) groups excluding carboxylic acids is 1. The minimum atomic E-state index is -0.546. The number of primary amides is 1. The number of pyridine rings is 1. The lowest BCUT2D eigenvalue weighted by Gasteiger charge is -2.13. The smallest absolute Gasteiger partial charge is 0.240 e. The van der Waals surface area contributed by atoms with Crippen molar-refractivity contribution in [3.63, 3.8) is 0 Å². The molecule has 2 N–H and O–H groups in total. The molecule has 2 heterocycles. The van der Waals surface area contributed by atoms with Crippen molar-refractivity contribution in [1.29, 1.82) is 0 Å². The fourth-order valence-corrected chi connectivity index (χ4v) is 2.35. The Balaban J connectivity index is 2.28. The predicted octanol–water partition coefficient (Wildman–Crippen LogP) is 2.80. The predicted molar refractivity (Wildman–Crippen MR) is 81.9 cm³/mol. The van der Waals surface area contributed by atoms with E-state index < -0.39 is 11.9 Å². The number of nitrogens with zero attached hydrogens (tertiary/aromatic N) is 3. The van der Waals surface area contributed by atoms with Crippen LogP contribution in [0.2, 0.25) is 5.02 Å². The SMILES string of the molecule is C[C@@H](C(N)=O)n1c(-c2ccc(Cl)cc2)nc2cccnc21. The molecule has 6 heteroatoms. The van der Waals surface area contributed by atoms with Gasteiger partial charge >= 0.3 is 0 Å². The summed E-state index contributed by atoms with van der Waals surface area (Å²) in [6.45, 7) is 1.73. The fraction of sp³-hybridized carbons (Fsp3) is 0.133. The maximum Gasteiger partial charge on any atom is 0.240 e. The molecule has 3 aromatic rings. The zero-order valence-corrected chi connectivity index (χ0v) is 12.1. The molecule has 3 rings (SSSR count). The average Bonchev–Trinajstić information content (AvgIpc) is 2.86. The van der Waals surface area contributed by atoms with E-state index in [1.54, 1.807) is 35.9 Å². The summed E-state index contributed by atoms with van der Waals surface area (Å²) in [5.74, 6) is 0.210. The van der Waals surface area contributed by atoms with Crippen LogP contribution in [0.4, 0.5) is 0 Å². The molecule has 1 atom stereocenters. The third-order valence-electron chi connectivity index (χ3n) is 3.35. The van der Waals surface area contributed by atoms with Crippen LogP contribution in [0.1, 0.15) is 13.0 Å². The molecule has 2 aromatic heterocycles. The molecule has 0 saturated heterocycles. The number of fused-ring (bicyclic) bond motifs is 1. The second kappa shape index (κ2) is 5.18. The van der Waals surface area contributed by atoms with E-state index in [4.69, 9.17) is 17.3 Å². The highest BCUT2D eigenvalue weighted by atomic mass is 35.5. The number of carbonyl (C=O) groups is 1. The first-order chi connectivity index (χ1) is 10.1. The Kier molecular flexibility index (Phi) is 3.35. The standard InChI is InChI=1S/C15H13ClN4O/c1-9(13(17)21)20-14(10-4-6-11(16)7-5-10)19-12-3-2-8-18-15(12)20/h2-9H,1H3,(H2,17,21)/t9-/m0/s1. The first-order valence-electron chi connectivity index (χ1n) is 6.46.